The molecule has 0 spiro atoms. The van der Waals surface area contributed by atoms with Crippen LogP contribution in [0.3, 0.4) is 0 Å². The molecule has 0 N–H and O–H groups in total. The summed E-state index contributed by atoms with van der Waals surface area (Å²) >= 11 is 1.45. The summed E-state index contributed by atoms with van der Waals surface area (Å²) < 4.78 is 0. The predicted octanol–water partition coefficient (Wildman–Crippen LogP) is 5.03. The fourth-order valence-corrected chi connectivity index (χ4v) is 3.75. The van der Waals surface area contributed by atoms with Crippen LogP contribution in [-0.4, -0.2) is 31.2 Å². The third-order valence-corrected chi connectivity index (χ3v) is 5.43. The molecule has 0 aromatic heterocycles. The predicted molar refractivity (Wildman–Crippen MR) is 117 cm³/mol. The van der Waals surface area contributed by atoms with E-state index in [9.17, 15) is 4.79 Å². The van der Waals surface area contributed by atoms with E-state index < -0.39 is 0 Å². The number of carbonyl (C=O) groups excluding carboxylic acids is 1. The summed E-state index contributed by atoms with van der Waals surface area (Å²) in [6, 6.07) is 18.1. The smallest absolute Gasteiger partial charge is 0.271 e. The summed E-state index contributed by atoms with van der Waals surface area (Å²) in [5.74, 6) is -0.0232. The van der Waals surface area contributed by atoms with E-state index in [2.05, 4.69) is 30.9 Å². The van der Waals surface area contributed by atoms with Gasteiger partial charge in [-0.05, 0) is 61.0 Å². The highest BCUT2D eigenvalue weighted by Gasteiger charge is 2.34. The first-order chi connectivity index (χ1) is 13.0. The molecule has 3 rings (SSSR count). The van der Waals surface area contributed by atoms with Gasteiger partial charge in [0.05, 0.1) is 10.6 Å². The molecule has 140 valence electrons. The maximum atomic E-state index is 13.1. The zero-order valence-corrected chi connectivity index (χ0v) is 17.0. The molecule has 0 bridgehead atoms. The Bertz CT molecular complexity index is 857. The average Bonchev–Trinajstić information content (AvgIpc) is 2.97. The molecule has 2 aromatic rings. The summed E-state index contributed by atoms with van der Waals surface area (Å²) in [6.45, 7) is 4.18. The minimum atomic E-state index is -0.0232. The maximum Gasteiger partial charge on any atom is 0.271 e. The van der Waals surface area contributed by atoms with E-state index in [1.54, 1.807) is 4.90 Å². The van der Waals surface area contributed by atoms with Crippen LogP contribution < -0.4 is 9.80 Å². The van der Waals surface area contributed by atoms with Gasteiger partial charge >= 0.3 is 0 Å². The Balaban J connectivity index is 1.95. The molecule has 1 saturated heterocycles. The number of amidine groups is 1. The summed E-state index contributed by atoms with van der Waals surface area (Å²) in [7, 11) is 4.03. The molecule has 1 fully saturated rings. The SMILES string of the molecule is CCC(C)N=C1S/C(=C\c2ccc(N(C)C)cc2)C(=O)N1c1ccccc1. The molecule has 1 unspecified atom stereocenters. The van der Waals surface area contributed by atoms with E-state index in [0.717, 1.165) is 28.5 Å². The van der Waals surface area contributed by atoms with Crippen LogP contribution in [0.5, 0.6) is 0 Å². The second-order valence-corrected chi connectivity index (χ2v) is 7.75. The van der Waals surface area contributed by atoms with Crippen LogP contribution in [0.2, 0.25) is 0 Å². The highest BCUT2D eigenvalue weighted by atomic mass is 32.2. The molecule has 4 nitrogen and oxygen atoms in total. The van der Waals surface area contributed by atoms with Crippen molar-refractivity contribution < 1.29 is 4.79 Å². The van der Waals surface area contributed by atoms with Gasteiger partial charge < -0.3 is 4.90 Å². The molecule has 1 atom stereocenters. The number of anilines is 2. The van der Waals surface area contributed by atoms with Gasteiger partial charge in [0.25, 0.3) is 5.91 Å². The van der Waals surface area contributed by atoms with Crippen molar-refractivity contribution in [3.63, 3.8) is 0 Å². The summed E-state index contributed by atoms with van der Waals surface area (Å²) in [5.41, 5.74) is 2.99. The third kappa shape index (κ3) is 4.42. The van der Waals surface area contributed by atoms with Gasteiger partial charge in [-0.1, -0.05) is 37.3 Å². The number of rotatable bonds is 5. The lowest BCUT2D eigenvalue weighted by molar-refractivity contribution is -0.113. The van der Waals surface area contributed by atoms with Crippen LogP contribution in [0.15, 0.2) is 64.5 Å². The molecule has 1 amide bonds. The first kappa shape index (κ1) is 19.2. The minimum absolute atomic E-state index is 0.0232. The van der Waals surface area contributed by atoms with Gasteiger partial charge in [0.1, 0.15) is 0 Å². The standard InChI is InChI=1S/C22H25N3OS/c1-5-16(2)23-22-25(19-9-7-6-8-10-19)21(26)20(27-22)15-17-11-13-18(14-12-17)24(3)4/h6-16H,5H2,1-4H3/b20-15-,23-22?. The highest BCUT2D eigenvalue weighted by molar-refractivity contribution is 8.19. The number of amides is 1. The van der Waals surface area contributed by atoms with Gasteiger partial charge in [-0.15, -0.1) is 0 Å². The van der Waals surface area contributed by atoms with E-state index in [1.165, 1.54) is 11.8 Å². The van der Waals surface area contributed by atoms with Crippen molar-refractivity contribution in [3.8, 4) is 0 Å². The fraction of sp³-hybridized carbons (Fsp3) is 0.273. The lowest BCUT2D eigenvalue weighted by Crippen LogP contribution is -2.29. The normalized spacial score (nSPS) is 18.4. The molecule has 2 aromatic carbocycles. The van der Waals surface area contributed by atoms with E-state index in [0.29, 0.717) is 4.91 Å². The Morgan fingerprint density at radius 3 is 2.37 bits per heavy atom. The number of hydrogen-bond acceptors (Lipinski definition) is 4. The number of aliphatic imine (C=N–C) groups is 1. The second kappa shape index (κ2) is 8.44. The third-order valence-electron chi connectivity index (χ3n) is 4.45. The van der Waals surface area contributed by atoms with Crippen LogP contribution in [0, 0.1) is 0 Å². The summed E-state index contributed by atoms with van der Waals surface area (Å²) in [6.07, 6.45) is 2.88. The highest BCUT2D eigenvalue weighted by Crippen LogP contribution is 2.36. The molecule has 5 heteroatoms. The van der Waals surface area contributed by atoms with Crippen LogP contribution in [0.4, 0.5) is 11.4 Å². The van der Waals surface area contributed by atoms with E-state index >= 15 is 0 Å². The molecule has 0 radical (unpaired) electrons. The first-order valence-corrected chi connectivity index (χ1v) is 9.95. The molecule has 1 aliphatic rings. The molecule has 1 heterocycles. The van der Waals surface area contributed by atoms with Gasteiger partial charge in [0, 0.05) is 25.8 Å². The monoisotopic (exact) mass is 379 g/mol. The van der Waals surface area contributed by atoms with E-state index in [1.807, 2.05) is 62.6 Å². The molecule has 27 heavy (non-hydrogen) atoms. The zero-order chi connectivity index (χ0) is 19.4. The first-order valence-electron chi connectivity index (χ1n) is 9.14. The zero-order valence-electron chi connectivity index (χ0n) is 16.2. The Labute approximate surface area is 165 Å². The number of para-hydroxylation sites is 1. The second-order valence-electron chi connectivity index (χ2n) is 6.74. The Morgan fingerprint density at radius 1 is 1.11 bits per heavy atom. The largest absolute Gasteiger partial charge is 0.378 e. The molecular weight excluding hydrogens is 354 g/mol. The minimum Gasteiger partial charge on any atom is -0.378 e. The lowest BCUT2D eigenvalue weighted by atomic mass is 10.2. The van der Waals surface area contributed by atoms with Gasteiger partial charge in [-0.2, -0.15) is 0 Å². The Morgan fingerprint density at radius 2 is 1.78 bits per heavy atom. The maximum absolute atomic E-state index is 13.1. The molecule has 1 aliphatic heterocycles. The molecule has 0 saturated carbocycles. The van der Waals surface area contributed by atoms with Crippen molar-refractivity contribution in [2.24, 2.45) is 4.99 Å². The van der Waals surface area contributed by atoms with Crippen LogP contribution in [-0.2, 0) is 4.79 Å². The number of carbonyl (C=O) groups is 1. The Kier molecular flexibility index (Phi) is 6.01. The average molecular weight is 380 g/mol. The van der Waals surface area contributed by atoms with Crippen LogP contribution in [0.25, 0.3) is 6.08 Å². The van der Waals surface area contributed by atoms with Crippen LogP contribution in [0.1, 0.15) is 25.8 Å². The van der Waals surface area contributed by atoms with Gasteiger partial charge in [-0.3, -0.25) is 14.7 Å². The van der Waals surface area contributed by atoms with Crippen molar-refractivity contribution in [2.45, 2.75) is 26.3 Å². The van der Waals surface area contributed by atoms with E-state index in [4.69, 9.17) is 4.99 Å². The number of benzene rings is 2. The van der Waals surface area contributed by atoms with Gasteiger partial charge in [0.15, 0.2) is 5.17 Å². The molecular formula is C22H25N3OS. The van der Waals surface area contributed by atoms with Gasteiger partial charge in [0.2, 0.25) is 0 Å². The van der Waals surface area contributed by atoms with Crippen molar-refractivity contribution in [2.75, 3.05) is 23.9 Å². The van der Waals surface area contributed by atoms with Crippen molar-refractivity contribution in [1.82, 2.24) is 0 Å². The summed E-state index contributed by atoms with van der Waals surface area (Å²) in [5, 5.41) is 0.747. The molecule has 0 aliphatic carbocycles. The number of hydrogen-bond donors (Lipinski definition) is 0. The van der Waals surface area contributed by atoms with E-state index in [-0.39, 0.29) is 11.9 Å². The fourth-order valence-electron chi connectivity index (χ4n) is 2.66. The lowest BCUT2D eigenvalue weighted by Gasteiger charge is -2.16. The number of nitrogens with zero attached hydrogens (tertiary/aromatic N) is 3. The quantitative estimate of drug-likeness (QED) is 0.684. The van der Waals surface area contributed by atoms with Crippen molar-refractivity contribution >= 4 is 40.3 Å². The van der Waals surface area contributed by atoms with Crippen LogP contribution >= 0.6 is 11.8 Å². The Hall–Kier alpha value is -2.53. The topological polar surface area (TPSA) is 35.9 Å². The van der Waals surface area contributed by atoms with Gasteiger partial charge in [-0.25, -0.2) is 0 Å². The number of thioether (sulfide) groups is 1. The van der Waals surface area contributed by atoms with Crippen molar-refractivity contribution in [3.05, 3.63) is 65.1 Å². The summed E-state index contributed by atoms with van der Waals surface area (Å²) in [4.78, 5) is 22.4. The van der Waals surface area contributed by atoms with Crippen molar-refractivity contribution in [1.29, 1.82) is 0 Å².